The molecule has 3 unspecified atom stereocenters. The summed E-state index contributed by atoms with van der Waals surface area (Å²) in [4.78, 5) is 0. The summed E-state index contributed by atoms with van der Waals surface area (Å²) >= 11 is 0. The van der Waals surface area contributed by atoms with Crippen molar-refractivity contribution in [3.05, 3.63) is 11.6 Å². The molecule has 0 aromatic carbocycles. The van der Waals surface area contributed by atoms with E-state index in [1.54, 1.807) is 0 Å². The van der Waals surface area contributed by atoms with Gasteiger partial charge in [-0.25, -0.2) is 0 Å². The van der Waals surface area contributed by atoms with Gasteiger partial charge in [-0.2, -0.15) is 5.26 Å². The molecule has 0 spiro atoms. The van der Waals surface area contributed by atoms with Crippen molar-refractivity contribution in [3.8, 4) is 6.07 Å². The maximum absolute atomic E-state index is 9.17. The Balaban J connectivity index is 2.63. The van der Waals surface area contributed by atoms with Gasteiger partial charge in [-0.3, -0.25) is 5.32 Å². The monoisotopic (exact) mass is 206 g/mol. The summed E-state index contributed by atoms with van der Waals surface area (Å²) in [6.07, 6.45) is 4.54. The van der Waals surface area contributed by atoms with Gasteiger partial charge in [0.2, 0.25) is 0 Å². The fraction of sp³-hybridized carbons (Fsp3) is 0.769. The van der Waals surface area contributed by atoms with Crippen molar-refractivity contribution in [2.75, 3.05) is 0 Å². The quantitative estimate of drug-likeness (QED) is 0.721. The third-order valence-corrected chi connectivity index (χ3v) is 2.95. The first kappa shape index (κ1) is 12.3. The van der Waals surface area contributed by atoms with Gasteiger partial charge in [0.05, 0.1) is 12.1 Å². The Morgan fingerprint density at radius 2 is 2.20 bits per heavy atom. The molecule has 0 saturated carbocycles. The molecule has 0 heterocycles. The first-order chi connectivity index (χ1) is 7.02. The molecule has 0 saturated heterocycles. The van der Waals surface area contributed by atoms with Gasteiger partial charge in [-0.05, 0) is 45.4 Å². The molecule has 1 rings (SSSR count). The minimum absolute atomic E-state index is 0.0103. The number of nitrogens with one attached hydrogen (secondary N) is 1. The molecular weight excluding hydrogens is 184 g/mol. The van der Waals surface area contributed by atoms with Crippen molar-refractivity contribution in [2.45, 2.75) is 52.6 Å². The second-order valence-electron chi connectivity index (χ2n) is 5.12. The molecule has 1 aliphatic rings. The van der Waals surface area contributed by atoms with Crippen LogP contribution in [0.3, 0.4) is 0 Å². The molecule has 0 aliphatic heterocycles. The summed E-state index contributed by atoms with van der Waals surface area (Å²) in [7, 11) is 0. The molecule has 1 N–H and O–H groups in total. The molecular formula is C13H22N2. The molecule has 15 heavy (non-hydrogen) atoms. The van der Waals surface area contributed by atoms with Crippen LogP contribution >= 0.6 is 0 Å². The number of hydrogen-bond donors (Lipinski definition) is 1. The van der Waals surface area contributed by atoms with E-state index in [2.05, 4.69) is 45.2 Å². The Hall–Kier alpha value is -0.810. The zero-order valence-electron chi connectivity index (χ0n) is 10.2. The predicted octanol–water partition coefficient (Wildman–Crippen LogP) is 2.87. The molecule has 2 nitrogen and oxygen atoms in total. The van der Waals surface area contributed by atoms with Crippen molar-refractivity contribution in [1.82, 2.24) is 5.32 Å². The van der Waals surface area contributed by atoms with Gasteiger partial charge in [0, 0.05) is 6.04 Å². The average Bonchev–Trinajstić information content (AvgIpc) is 2.12. The van der Waals surface area contributed by atoms with E-state index in [9.17, 15) is 0 Å². The first-order valence-electron chi connectivity index (χ1n) is 5.86. The van der Waals surface area contributed by atoms with E-state index in [0.29, 0.717) is 17.9 Å². The number of nitrogens with zero attached hydrogens (tertiary/aromatic N) is 1. The van der Waals surface area contributed by atoms with Crippen LogP contribution in [-0.4, -0.2) is 12.1 Å². The average molecular weight is 206 g/mol. The highest BCUT2D eigenvalue weighted by atomic mass is 14.9. The van der Waals surface area contributed by atoms with Crippen LogP contribution in [0.1, 0.15) is 40.5 Å². The smallest absolute Gasteiger partial charge is 0.0986 e. The molecule has 84 valence electrons. The van der Waals surface area contributed by atoms with Crippen LogP contribution in [0.4, 0.5) is 0 Å². The number of hydrogen-bond acceptors (Lipinski definition) is 2. The number of allylic oxidation sites excluding steroid dienone is 2. The maximum Gasteiger partial charge on any atom is 0.0986 e. The van der Waals surface area contributed by atoms with E-state index in [1.807, 2.05) is 0 Å². The minimum atomic E-state index is 0.0103. The highest BCUT2D eigenvalue weighted by molar-refractivity contribution is 5.10. The summed E-state index contributed by atoms with van der Waals surface area (Å²) in [5, 5.41) is 12.5. The number of rotatable bonds is 3. The van der Waals surface area contributed by atoms with Gasteiger partial charge >= 0.3 is 0 Å². The van der Waals surface area contributed by atoms with Gasteiger partial charge in [0.25, 0.3) is 0 Å². The van der Waals surface area contributed by atoms with Crippen LogP contribution in [-0.2, 0) is 0 Å². The van der Waals surface area contributed by atoms with Crippen molar-refractivity contribution in [2.24, 2.45) is 11.8 Å². The summed E-state index contributed by atoms with van der Waals surface area (Å²) < 4.78 is 0. The fourth-order valence-corrected chi connectivity index (χ4v) is 2.49. The molecule has 0 fully saturated rings. The van der Waals surface area contributed by atoms with Gasteiger partial charge in [-0.1, -0.05) is 18.6 Å². The van der Waals surface area contributed by atoms with Crippen LogP contribution < -0.4 is 5.32 Å². The van der Waals surface area contributed by atoms with E-state index in [0.717, 1.165) is 12.8 Å². The topological polar surface area (TPSA) is 35.8 Å². The maximum atomic E-state index is 9.17. The second-order valence-corrected chi connectivity index (χ2v) is 5.12. The molecule has 1 aliphatic carbocycles. The Kier molecular flexibility index (Phi) is 4.35. The standard InChI is InChI=1S/C13H22N2/c1-9(2)15-13(8-14)12-6-10(3)5-11(4)7-12/h5,9-10,12-13,15H,6-7H2,1-4H3. The zero-order chi connectivity index (χ0) is 11.4. The van der Waals surface area contributed by atoms with Crippen molar-refractivity contribution in [1.29, 1.82) is 5.26 Å². The van der Waals surface area contributed by atoms with Gasteiger partial charge < -0.3 is 0 Å². The largest absolute Gasteiger partial charge is 0.299 e. The molecule has 0 aromatic rings. The van der Waals surface area contributed by atoms with Gasteiger partial charge in [0.1, 0.15) is 0 Å². The van der Waals surface area contributed by atoms with Gasteiger partial charge in [-0.15, -0.1) is 0 Å². The Bertz CT molecular complexity index is 273. The zero-order valence-corrected chi connectivity index (χ0v) is 10.2. The number of nitriles is 1. The highest BCUT2D eigenvalue weighted by Gasteiger charge is 2.26. The van der Waals surface area contributed by atoms with Crippen LogP contribution in [0, 0.1) is 23.2 Å². The Morgan fingerprint density at radius 3 is 2.67 bits per heavy atom. The normalized spacial score (nSPS) is 28.4. The fourth-order valence-electron chi connectivity index (χ4n) is 2.49. The van der Waals surface area contributed by atoms with Crippen LogP contribution in [0.2, 0.25) is 0 Å². The van der Waals surface area contributed by atoms with E-state index < -0.39 is 0 Å². The molecule has 3 atom stereocenters. The van der Waals surface area contributed by atoms with Crippen LogP contribution in [0.25, 0.3) is 0 Å². The van der Waals surface area contributed by atoms with E-state index in [4.69, 9.17) is 5.26 Å². The Morgan fingerprint density at radius 1 is 1.53 bits per heavy atom. The summed E-state index contributed by atoms with van der Waals surface area (Å²) in [5.74, 6) is 1.10. The van der Waals surface area contributed by atoms with Crippen LogP contribution in [0.5, 0.6) is 0 Å². The van der Waals surface area contributed by atoms with Crippen molar-refractivity contribution in [3.63, 3.8) is 0 Å². The van der Waals surface area contributed by atoms with E-state index in [1.165, 1.54) is 5.57 Å². The SMILES string of the molecule is CC1=CC(C)CC(C(C#N)NC(C)C)C1. The minimum Gasteiger partial charge on any atom is -0.299 e. The third-order valence-electron chi connectivity index (χ3n) is 2.95. The van der Waals surface area contributed by atoms with Gasteiger partial charge in [0.15, 0.2) is 0 Å². The highest BCUT2D eigenvalue weighted by Crippen LogP contribution is 2.30. The summed E-state index contributed by atoms with van der Waals surface area (Å²) in [6.45, 7) is 8.60. The predicted molar refractivity (Wildman–Crippen MR) is 63.3 cm³/mol. The third kappa shape index (κ3) is 3.68. The Labute approximate surface area is 93.4 Å². The van der Waals surface area contributed by atoms with Crippen molar-refractivity contribution >= 4 is 0 Å². The molecule has 0 bridgehead atoms. The van der Waals surface area contributed by atoms with E-state index in [-0.39, 0.29) is 6.04 Å². The molecule has 0 amide bonds. The first-order valence-corrected chi connectivity index (χ1v) is 5.86. The second kappa shape index (κ2) is 5.32. The van der Waals surface area contributed by atoms with Crippen molar-refractivity contribution < 1.29 is 0 Å². The lowest BCUT2D eigenvalue weighted by molar-refractivity contribution is 0.324. The lowest BCUT2D eigenvalue weighted by atomic mass is 9.80. The lowest BCUT2D eigenvalue weighted by Crippen LogP contribution is -2.40. The molecule has 0 radical (unpaired) electrons. The summed E-state index contributed by atoms with van der Waals surface area (Å²) in [5.41, 5.74) is 1.43. The summed E-state index contributed by atoms with van der Waals surface area (Å²) in [6, 6.07) is 2.80. The molecule has 0 aromatic heterocycles. The lowest BCUT2D eigenvalue weighted by Gasteiger charge is -2.30. The van der Waals surface area contributed by atoms with Crippen LogP contribution in [0.15, 0.2) is 11.6 Å². The van der Waals surface area contributed by atoms with E-state index >= 15 is 0 Å². The molecule has 2 heteroatoms.